The van der Waals surface area contributed by atoms with Crippen molar-refractivity contribution in [2.75, 3.05) is 0 Å². The monoisotopic (exact) mass is 246 g/mol. The molecule has 4 fully saturated rings. The van der Waals surface area contributed by atoms with Crippen LogP contribution in [0.15, 0.2) is 0 Å². The van der Waals surface area contributed by atoms with E-state index in [1.165, 1.54) is 64.2 Å². The van der Waals surface area contributed by atoms with Gasteiger partial charge >= 0.3 is 0 Å². The quantitative estimate of drug-likeness (QED) is 0.677. The third kappa shape index (κ3) is 1.55. The van der Waals surface area contributed by atoms with E-state index < -0.39 is 0 Å². The molecule has 0 radical (unpaired) electrons. The molecule has 0 spiro atoms. The van der Waals surface area contributed by atoms with Gasteiger partial charge in [-0.25, -0.2) is 0 Å². The van der Waals surface area contributed by atoms with Crippen molar-refractivity contribution in [3.8, 4) is 0 Å². The Labute approximate surface area is 111 Å². The minimum Gasteiger partial charge on any atom is -0.299 e. The van der Waals surface area contributed by atoms with Gasteiger partial charge in [-0.1, -0.05) is 38.5 Å². The minimum absolute atomic E-state index is 0.498. The van der Waals surface area contributed by atoms with E-state index in [0.717, 1.165) is 23.7 Å². The SMILES string of the molecule is O=C1C2CCCCC2C2C1CCC2C1CCCC1. The Bertz CT molecular complexity index is 342. The molecule has 0 bridgehead atoms. The van der Waals surface area contributed by atoms with Crippen LogP contribution >= 0.6 is 0 Å². The predicted octanol–water partition coefficient (Wildman–Crippen LogP) is 4.21. The first-order chi connectivity index (χ1) is 8.86. The van der Waals surface area contributed by atoms with Gasteiger partial charge < -0.3 is 0 Å². The summed E-state index contributed by atoms with van der Waals surface area (Å²) < 4.78 is 0. The molecule has 5 unspecified atom stereocenters. The maximum atomic E-state index is 12.6. The lowest BCUT2D eigenvalue weighted by Gasteiger charge is -2.33. The number of rotatable bonds is 1. The zero-order valence-corrected chi connectivity index (χ0v) is 11.4. The van der Waals surface area contributed by atoms with E-state index in [1.54, 1.807) is 0 Å². The van der Waals surface area contributed by atoms with Gasteiger partial charge in [-0.2, -0.15) is 0 Å². The minimum atomic E-state index is 0.498. The summed E-state index contributed by atoms with van der Waals surface area (Å²) in [7, 11) is 0. The van der Waals surface area contributed by atoms with Crippen molar-refractivity contribution in [2.45, 2.75) is 64.2 Å². The maximum Gasteiger partial charge on any atom is 0.139 e. The highest BCUT2D eigenvalue weighted by Gasteiger charge is 2.56. The van der Waals surface area contributed by atoms with Gasteiger partial charge in [0.1, 0.15) is 5.78 Å². The number of hydrogen-bond acceptors (Lipinski definition) is 1. The fraction of sp³-hybridized carbons (Fsp3) is 0.941. The van der Waals surface area contributed by atoms with E-state index in [4.69, 9.17) is 0 Å². The second kappa shape index (κ2) is 4.35. The van der Waals surface area contributed by atoms with E-state index >= 15 is 0 Å². The first kappa shape index (κ1) is 11.5. The van der Waals surface area contributed by atoms with E-state index in [1.807, 2.05) is 0 Å². The van der Waals surface area contributed by atoms with Crippen LogP contribution in [-0.4, -0.2) is 5.78 Å². The van der Waals surface area contributed by atoms with Crippen molar-refractivity contribution in [3.05, 3.63) is 0 Å². The second-order valence-corrected chi connectivity index (χ2v) is 7.43. The maximum absolute atomic E-state index is 12.6. The highest BCUT2D eigenvalue weighted by Crippen LogP contribution is 2.58. The molecule has 100 valence electrons. The molecule has 0 N–H and O–H groups in total. The smallest absolute Gasteiger partial charge is 0.139 e. The molecule has 4 aliphatic rings. The number of ketones is 1. The average molecular weight is 246 g/mol. The van der Waals surface area contributed by atoms with Crippen LogP contribution < -0.4 is 0 Å². The van der Waals surface area contributed by atoms with Gasteiger partial charge in [-0.3, -0.25) is 4.79 Å². The molecule has 0 aliphatic heterocycles. The number of fused-ring (bicyclic) bond motifs is 3. The molecule has 18 heavy (non-hydrogen) atoms. The average Bonchev–Trinajstić information content (AvgIpc) is 3.09. The zero-order chi connectivity index (χ0) is 12.1. The topological polar surface area (TPSA) is 17.1 Å². The van der Waals surface area contributed by atoms with E-state index in [0.29, 0.717) is 17.6 Å². The van der Waals surface area contributed by atoms with Crippen molar-refractivity contribution in [3.63, 3.8) is 0 Å². The van der Waals surface area contributed by atoms with Crippen LogP contribution in [0.4, 0.5) is 0 Å². The van der Waals surface area contributed by atoms with Crippen LogP contribution in [0.25, 0.3) is 0 Å². The van der Waals surface area contributed by atoms with E-state index in [-0.39, 0.29) is 0 Å². The molecule has 5 atom stereocenters. The van der Waals surface area contributed by atoms with Crippen molar-refractivity contribution < 1.29 is 4.79 Å². The van der Waals surface area contributed by atoms with Gasteiger partial charge in [0.25, 0.3) is 0 Å². The molecule has 1 nitrogen and oxygen atoms in total. The van der Waals surface area contributed by atoms with Gasteiger partial charge in [0.2, 0.25) is 0 Å². The van der Waals surface area contributed by atoms with Gasteiger partial charge in [-0.05, 0) is 49.4 Å². The summed E-state index contributed by atoms with van der Waals surface area (Å²) in [6.07, 6.45) is 13.8. The first-order valence-corrected chi connectivity index (χ1v) is 8.40. The van der Waals surface area contributed by atoms with Crippen LogP contribution in [0.5, 0.6) is 0 Å². The molecule has 4 rings (SSSR count). The van der Waals surface area contributed by atoms with Crippen LogP contribution in [0.1, 0.15) is 64.2 Å². The standard InChI is InChI=1S/C17H26O/c18-17-14-8-4-3-7-13(14)16-12(9-10-15(16)17)11-5-1-2-6-11/h11-16H,1-10H2. The highest BCUT2D eigenvalue weighted by atomic mass is 16.1. The van der Waals surface area contributed by atoms with Crippen molar-refractivity contribution in [1.82, 2.24) is 0 Å². The molecule has 0 aromatic carbocycles. The molecule has 4 aliphatic carbocycles. The van der Waals surface area contributed by atoms with E-state index in [2.05, 4.69) is 0 Å². The fourth-order valence-corrected chi connectivity index (χ4v) is 6.19. The number of carbonyl (C=O) groups is 1. The molecule has 0 heterocycles. The van der Waals surface area contributed by atoms with Crippen LogP contribution in [0, 0.1) is 35.5 Å². The molecule has 1 heteroatoms. The van der Waals surface area contributed by atoms with Crippen LogP contribution in [-0.2, 0) is 4.79 Å². The Morgan fingerprint density at radius 2 is 1.39 bits per heavy atom. The summed E-state index contributed by atoms with van der Waals surface area (Å²) in [5.41, 5.74) is 0. The fourth-order valence-electron chi connectivity index (χ4n) is 6.19. The first-order valence-electron chi connectivity index (χ1n) is 8.40. The third-order valence-electron chi connectivity index (χ3n) is 6.82. The summed E-state index contributed by atoms with van der Waals surface area (Å²) in [5.74, 6) is 5.27. The highest BCUT2D eigenvalue weighted by molar-refractivity contribution is 5.87. The Balaban J connectivity index is 1.60. The van der Waals surface area contributed by atoms with Gasteiger partial charge in [0.05, 0.1) is 0 Å². The van der Waals surface area contributed by atoms with E-state index in [9.17, 15) is 4.79 Å². The summed E-state index contributed by atoms with van der Waals surface area (Å²) in [5, 5.41) is 0. The molecule has 0 aromatic heterocycles. The lowest BCUT2D eigenvalue weighted by Crippen LogP contribution is -2.27. The largest absolute Gasteiger partial charge is 0.299 e. The third-order valence-corrected chi connectivity index (χ3v) is 6.82. The lowest BCUT2D eigenvalue weighted by molar-refractivity contribution is -0.124. The molecule has 4 saturated carbocycles. The lowest BCUT2D eigenvalue weighted by atomic mass is 9.71. The molecule has 0 amide bonds. The summed E-state index contributed by atoms with van der Waals surface area (Å²) in [4.78, 5) is 12.6. The molecular weight excluding hydrogens is 220 g/mol. The normalized spacial score (nSPS) is 48.4. The Morgan fingerprint density at radius 3 is 2.22 bits per heavy atom. The summed E-state index contributed by atoms with van der Waals surface area (Å²) >= 11 is 0. The number of hydrogen-bond donors (Lipinski definition) is 0. The Morgan fingerprint density at radius 1 is 0.667 bits per heavy atom. The van der Waals surface area contributed by atoms with Crippen molar-refractivity contribution >= 4 is 5.78 Å². The van der Waals surface area contributed by atoms with Crippen LogP contribution in [0.2, 0.25) is 0 Å². The van der Waals surface area contributed by atoms with Crippen molar-refractivity contribution in [2.24, 2.45) is 35.5 Å². The van der Waals surface area contributed by atoms with Gasteiger partial charge in [-0.15, -0.1) is 0 Å². The zero-order valence-electron chi connectivity index (χ0n) is 11.4. The summed E-state index contributed by atoms with van der Waals surface area (Å²) in [6.45, 7) is 0. The number of carbonyl (C=O) groups excluding carboxylic acids is 1. The van der Waals surface area contributed by atoms with Crippen LogP contribution in [0.3, 0.4) is 0 Å². The van der Waals surface area contributed by atoms with Gasteiger partial charge in [0, 0.05) is 11.8 Å². The van der Waals surface area contributed by atoms with Gasteiger partial charge in [0.15, 0.2) is 0 Å². The second-order valence-electron chi connectivity index (χ2n) is 7.43. The molecule has 0 aromatic rings. The Kier molecular flexibility index (Phi) is 2.78. The molecule has 0 saturated heterocycles. The summed E-state index contributed by atoms with van der Waals surface area (Å²) in [6, 6.07) is 0. The molecular formula is C17H26O. The predicted molar refractivity (Wildman–Crippen MR) is 72.1 cm³/mol. The number of Topliss-reactive ketones (excluding diaryl/α,β-unsaturated/α-hetero) is 1. The Hall–Kier alpha value is -0.330. The van der Waals surface area contributed by atoms with Crippen molar-refractivity contribution in [1.29, 1.82) is 0 Å².